The fourth-order valence-electron chi connectivity index (χ4n) is 2.43. The lowest BCUT2D eigenvalue weighted by Crippen LogP contribution is -2.47. The van der Waals surface area contributed by atoms with E-state index < -0.39 is 5.54 Å². The van der Waals surface area contributed by atoms with Gasteiger partial charge in [0.1, 0.15) is 0 Å². The van der Waals surface area contributed by atoms with E-state index in [1.807, 2.05) is 0 Å². The molecule has 0 aliphatic rings. The van der Waals surface area contributed by atoms with E-state index in [1.165, 1.54) is 11.1 Å². The number of nitrogens with two attached hydrogens (primary N) is 1. The molecule has 0 heterocycles. The highest BCUT2D eigenvalue weighted by atomic mass is 19.1. The zero-order chi connectivity index (χ0) is 16.3. The van der Waals surface area contributed by atoms with E-state index in [2.05, 4.69) is 24.3 Å². The zero-order valence-corrected chi connectivity index (χ0v) is 13.4. The van der Waals surface area contributed by atoms with Gasteiger partial charge in [-0.2, -0.15) is 0 Å². The van der Waals surface area contributed by atoms with Gasteiger partial charge in [-0.1, -0.05) is 43.5 Å². The second kappa shape index (κ2) is 10.7. The lowest BCUT2D eigenvalue weighted by molar-refractivity contribution is 0.115. The van der Waals surface area contributed by atoms with E-state index in [-0.39, 0.29) is 19.9 Å². The van der Waals surface area contributed by atoms with Crippen LogP contribution in [0.3, 0.4) is 0 Å². The summed E-state index contributed by atoms with van der Waals surface area (Å²) in [6.45, 7) is -0.605. The number of halogens is 1. The van der Waals surface area contributed by atoms with Gasteiger partial charge in [-0.25, -0.2) is 0 Å². The summed E-state index contributed by atoms with van der Waals surface area (Å²) < 4.78 is 12.0. The summed E-state index contributed by atoms with van der Waals surface area (Å²) >= 11 is 0. The Hall–Kier alpha value is -0.970. The fraction of sp³-hybridized carbons (Fsp3) is 0.667. The lowest BCUT2D eigenvalue weighted by Gasteiger charge is -2.24. The van der Waals surface area contributed by atoms with Gasteiger partial charge < -0.3 is 15.9 Å². The van der Waals surface area contributed by atoms with Crippen LogP contribution in [-0.4, -0.2) is 35.6 Å². The second-order valence-electron chi connectivity index (χ2n) is 6.20. The van der Waals surface area contributed by atoms with Gasteiger partial charge in [0.25, 0.3) is 0 Å². The van der Waals surface area contributed by atoms with Gasteiger partial charge in [0.2, 0.25) is 0 Å². The number of alkyl halides is 1. The normalized spacial score (nSPS) is 11.8. The number of unbranched alkanes of at least 4 members (excludes halogenated alkanes) is 4. The van der Waals surface area contributed by atoms with Gasteiger partial charge in [-0.15, -0.1) is 0 Å². The molecule has 0 bridgehead atoms. The number of aliphatic hydroxyl groups excluding tert-OH is 2. The molecular weight excluding hydrogens is 281 g/mol. The third-order valence-electron chi connectivity index (χ3n) is 4.16. The predicted octanol–water partition coefficient (Wildman–Crippen LogP) is 2.76. The fourth-order valence-corrected chi connectivity index (χ4v) is 2.43. The first-order valence-corrected chi connectivity index (χ1v) is 8.28. The smallest absolute Gasteiger partial charge is 0.0894 e. The minimum Gasteiger partial charge on any atom is -0.394 e. The van der Waals surface area contributed by atoms with Crippen molar-refractivity contribution in [3.8, 4) is 0 Å². The van der Waals surface area contributed by atoms with Crippen molar-refractivity contribution >= 4 is 0 Å². The quantitative estimate of drug-likeness (QED) is 0.520. The molecule has 0 spiro atoms. The third kappa shape index (κ3) is 7.34. The van der Waals surface area contributed by atoms with E-state index in [0.717, 1.165) is 38.5 Å². The van der Waals surface area contributed by atoms with Crippen molar-refractivity contribution in [2.24, 2.45) is 5.73 Å². The van der Waals surface area contributed by atoms with Crippen LogP contribution >= 0.6 is 0 Å². The Morgan fingerprint density at radius 1 is 0.818 bits per heavy atom. The van der Waals surface area contributed by atoms with Crippen molar-refractivity contribution in [1.82, 2.24) is 0 Å². The van der Waals surface area contributed by atoms with Gasteiger partial charge in [0.15, 0.2) is 0 Å². The highest BCUT2D eigenvalue weighted by Gasteiger charge is 2.22. The van der Waals surface area contributed by atoms with E-state index in [4.69, 9.17) is 5.73 Å². The van der Waals surface area contributed by atoms with Crippen LogP contribution in [0, 0.1) is 0 Å². The number of hydrogen-bond acceptors (Lipinski definition) is 3. The average molecular weight is 311 g/mol. The molecule has 22 heavy (non-hydrogen) atoms. The molecule has 1 aromatic carbocycles. The molecule has 126 valence electrons. The number of aliphatic hydroxyl groups is 2. The monoisotopic (exact) mass is 311 g/mol. The van der Waals surface area contributed by atoms with Crippen LogP contribution < -0.4 is 5.73 Å². The lowest BCUT2D eigenvalue weighted by atomic mass is 9.93. The molecule has 0 amide bonds. The molecule has 0 fully saturated rings. The standard InChI is InChI=1S/C18H30FNO2/c19-13-5-3-1-2-4-6-16-7-9-17(10-8-16)11-12-18(20,14-21)15-22/h7-10,21-22H,1-6,11-15,20H2. The maximum atomic E-state index is 12.0. The maximum Gasteiger partial charge on any atom is 0.0894 e. The van der Waals surface area contributed by atoms with E-state index in [1.54, 1.807) is 0 Å². The summed E-state index contributed by atoms with van der Waals surface area (Å²) in [5.74, 6) is 0. The van der Waals surface area contributed by atoms with Crippen molar-refractivity contribution in [2.45, 2.75) is 56.9 Å². The molecular formula is C18H30FNO2. The molecule has 0 saturated heterocycles. The first-order valence-electron chi connectivity index (χ1n) is 8.28. The first kappa shape index (κ1) is 19.1. The number of aryl methyl sites for hydroxylation is 2. The van der Waals surface area contributed by atoms with Gasteiger partial charge in [-0.05, 0) is 43.2 Å². The second-order valence-corrected chi connectivity index (χ2v) is 6.20. The van der Waals surface area contributed by atoms with Crippen LogP contribution in [0.15, 0.2) is 24.3 Å². The highest BCUT2D eigenvalue weighted by molar-refractivity contribution is 5.23. The minimum absolute atomic E-state index is 0.196. The van der Waals surface area contributed by atoms with Crippen LogP contribution in [0.1, 0.15) is 49.7 Å². The predicted molar refractivity (Wildman–Crippen MR) is 88.6 cm³/mol. The molecule has 0 aliphatic carbocycles. The molecule has 0 unspecified atom stereocenters. The van der Waals surface area contributed by atoms with E-state index in [9.17, 15) is 14.6 Å². The molecule has 4 N–H and O–H groups in total. The SMILES string of the molecule is NC(CO)(CO)CCc1ccc(CCCCCCCF)cc1. The number of benzene rings is 1. The van der Waals surface area contributed by atoms with E-state index >= 15 is 0 Å². The Labute approximate surface area is 133 Å². The van der Waals surface area contributed by atoms with Crippen LogP contribution in [0.4, 0.5) is 4.39 Å². The topological polar surface area (TPSA) is 66.5 Å². The van der Waals surface area contributed by atoms with Gasteiger partial charge >= 0.3 is 0 Å². The molecule has 4 heteroatoms. The summed E-state index contributed by atoms with van der Waals surface area (Å²) in [5.41, 5.74) is 7.46. The van der Waals surface area contributed by atoms with Crippen molar-refractivity contribution < 1.29 is 14.6 Å². The molecule has 1 aromatic rings. The summed E-state index contributed by atoms with van der Waals surface area (Å²) in [5, 5.41) is 18.4. The minimum atomic E-state index is -0.891. The zero-order valence-electron chi connectivity index (χ0n) is 13.4. The first-order chi connectivity index (χ1) is 10.6. The number of hydrogen-bond donors (Lipinski definition) is 3. The van der Waals surface area contributed by atoms with Crippen LogP contribution in [-0.2, 0) is 12.8 Å². The van der Waals surface area contributed by atoms with Crippen LogP contribution in [0.2, 0.25) is 0 Å². The van der Waals surface area contributed by atoms with Crippen molar-refractivity contribution in [1.29, 1.82) is 0 Å². The maximum absolute atomic E-state index is 12.0. The largest absolute Gasteiger partial charge is 0.394 e. The van der Waals surface area contributed by atoms with Crippen molar-refractivity contribution in [3.63, 3.8) is 0 Å². The Balaban J connectivity index is 2.28. The van der Waals surface area contributed by atoms with Crippen LogP contribution in [0.5, 0.6) is 0 Å². The third-order valence-corrected chi connectivity index (χ3v) is 4.16. The van der Waals surface area contributed by atoms with Gasteiger partial charge in [0, 0.05) is 0 Å². The molecule has 3 nitrogen and oxygen atoms in total. The average Bonchev–Trinajstić information content (AvgIpc) is 2.57. The Kier molecular flexibility index (Phi) is 9.28. The summed E-state index contributed by atoms with van der Waals surface area (Å²) in [6.07, 6.45) is 7.48. The van der Waals surface area contributed by atoms with Crippen molar-refractivity contribution in [2.75, 3.05) is 19.9 Å². The van der Waals surface area contributed by atoms with Crippen LogP contribution in [0.25, 0.3) is 0 Å². The molecule has 1 rings (SSSR count). The van der Waals surface area contributed by atoms with Crippen molar-refractivity contribution in [3.05, 3.63) is 35.4 Å². The Morgan fingerprint density at radius 2 is 1.32 bits per heavy atom. The summed E-state index contributed by atoms with van der Waals surface area (Å²) in [6, 6.07) is 8.45. The molecule has 0 atom stereocenters. The Morgan fingerprint density at radius 3 is 1.86 bits per heavy atom. The number of rotatable bonds is 12. The molecule has 0 saturated carbocycles. The van der Waals surface area contributed by atoms with Gasteiger partial charge in [0.05, 0.1) is 25.4 Å². The Bertz CT molecular complexity index is 391. The molecule has 0 aliphatic heterocycles. The molecule has 0 radical (unpaired) electrons. The highest BCUT2D eigenvalue weighted by Crippen LogP contribution is 2.14. The van der Waals surface area contributed by atoms with Gasteiger partial charge in [-0.3, -0.25) is 4.39 Å². The summed E-state index contributed by atoms with van der Waals surface area (Å²) in [7, 11) is 0. The molecule has 0 aromatic heterocycles. The van der Waals surface area contributed by atoms with E-state index in [0.29, 0.717) is 12.8 Å². The summed E-state index contributed by atoms with van der Waals surface area (Å²) in [4.78, 5) is 0.